The lowest BCUT2D eigenvalue weighted by atomic mass is 10.2. The second-order valence-electron chi connectivity index (χ2n) is 5.35. The van der Waals surface area contributed by atoms with E-state index >= 15 is 0 Å². The topological polar surface area (TPSA) is 45.2 Å². The van der Waals surface area contributed by atoms with E-state index in [9.17, 15) is 4.79 Å². The summed E-state index contributed by atoms with van der Waals surface area (Å²) in [7, 11) is 1.92. The molecule has 2 rings (SSSR count). The first-order chi connectivity index (χ1) is 10.4. The Labute approximate surface area is 140 Å². The highest BCUT2D eigenvalue weighted by Crippen LogP contribution is 2.23. The average Bonchev–Trinajstić information content (AvgIpc) is 2.88. The van der Waals surface area contributed by atoms with Gasteiger partial charge in [-0.15, -0.1) is 11.3 Å². The molecule has 1 aromatic heterocycles. The maximum absolute atomic E-state index is 12.4. The molecule has 22 heavy (non-hydrogen) atoms. The quantitative estimate of drug-likeness (QED) is 0.900. The lowest BCUT2D eigenvalue weighted by Crippen LogP contribution is -2.39. The van der Waals surface area contributed by atoms with Crippen LogP contribution in [0, 0.1) is 13.8 Å². The van der Waals surface area contributed by atoms with Crippen molar-refractivity contribution in [1.82, 2.24) is 9.88 Å². The van der Waals surface area contributed by atoms with E-state index in [0.29, 0.717) is 11.6 Å². The Balaban J connectivity index is 2.00. The number of nitrogens with one attached hydrogen (secondary N) is 1. The monoisotopic (exact) mass is 337 g/mol. The number of thiazole rings is 1. The number of nitrogens with zero attached hydrogens (tertiary/aromatic N) is 2. The maximum atomic E-state index is 12.4. The van der Waals surface area contributed by atoms with Gasteiger partial charge in [0, 0.05) is 22.6 Å². The van der Waals surface area contributed by atoms with Gasteiger partial charge in [-0.25, -0.2) is 4.98 Å². The molecule has 1 unspecified atom stereocenters. The van der Waals surface area contributed by atoms with Gasteiger partial charge < -0.3 is 5.32 Å². The van der Waals surface area contributed by atoms with Crippen molar-refractivity contribution in [3.63, 3.8) is 0 Å². The third kappa shape index (κ3) is 4.06. The molecular weight excluding hydrogens is 318 g/mol. The van der Waals surface area contributed by atoms with E-state index in [1.165, 1.54) is 0 Å². The molecule has 1 heterocycles. The summed E-state index contributed by atoms with van der Waals surface area (Å²) in [5, 5.41) is 6.65. The Morgan fingerprint density at radius 1 is 1.45 bits per heavy atom. The maximum Gasteiger partial charge on any atom is 0.241 e. The third-order valence-electron chi connectivity index (χ3n) is 3.64. The van der Waals surface area contributed by atoms with Crippen LogP contribution in [-0.4, -0.2) is 28.9 Å². The number of halogens is 1. The van der Waals surface area contributed by atoms with Crippen LogP contribution < -0.4 is 5.32 Å². The molecule has 0 radical (unpaired) electrons. The van der Waals surface area contributed by atoms with Gasteiger partial charge in [0.25, 0.3) is 0 Å². The van der Waals surface area contributed by atoms with Crippen LogP contribution in [0.15, 0.2) is 23.6 Å². The summed E-state index contributed by atoms with van der Waals surface area (Å²) in [6, 6.07) is 5.24. The normalized spacial score (nSPS) is 12.5. The van der Waals surface area contributed by atoms with Crippen LogP contribution in [0.2, 0.25) is 5.02 Å². The number of benzene rings is 1. The zero-order chi connectivity index (χ0) is 16.3. The lowest BCUT2D eigenvalue weighted by molar-refractivity contribution is -0.120. The van der Waals surface area contributed by atoms with Crippen molar-refractivity contribution in [1.29, 1.82) is 0 Å². The molecule has 2 aromatic rings. The number of rotatable bonds is 5. The highest BCUT2D eigenvalue weighted by molar-refractivity contribution is 7.09. The summed E-state index contributed by atoms with van der Waals surface area (Å²) in [5.41, 5.74) is 2.62. The highest BCUT2D eigenvalue weighted by atomic mass is 35.5. The van der Waals surface area contributed by atoms with Gasteiger partial charge in [-0.05, 0) is 45.5 Å². The van der Waals surface area contributed by atoms with Gasteiger partial charge in [-0.2, -0.15) is 0 Å². The standard InChI is InChI=1S/C16H20ClN3OS/c1-10-14(17)6-5-7-15(10)19-16(21)11(2)20(4)8-13-9-22-12(3)18-13/h5-7,9,11H,8H2,1-4H3,(H,19,21). The molecule has 0 aliphatic carbocycles. The van der Waals surface area contributed by atoms with E-state index in [1.54, 1.807) is 11.3 Å². The molecule has 1 atom stereocenters. The molecular formula is C16H20ClN3OS. The van der Waals surface area contributed by atoms with Crippen molar-refractivity contribution < 1.29 is 4.79 Å². The van der Waals surface area contributed by atoms with Crippen molar-refractivity contribution in [3.05, 3.63) is 44.9 Å². The number of likely N-dealkylation sites (N-methyl/N-ethyl adjacent to an activating group) is 1. The number of aryl methyl sites for hydroxylation is 1. The van der Waals surface area contributed by atoms with Crippen molar-refractivity contribution in [2.45, 2.75) is 33.4 Å². The summed E-state index contributed by atoms with van der Waals surface area (Å²) in [5.74, 6) is -0.0557. The van der Waals surface area contributed by atoms with Gasteiger partial charge in [-0.3, -0.25) is 9.69 Å². The number of hydrogen-bond acceptors (Lipinski definition) is 4. The second-order valence-corrected chi connectivity index (χ2v) is 6.82. The minimum absolute atomic E-state index is 0.0557. The molecule has 0 bridgehead atoms. The van der Waals surface area contributed by atoms with E-state index in [4.69, 9.17) is 11.6 Å². The first-order valence-electron chi connectivity index (χ1n) is 7.05. The molecule has 0 spiro atoms. The highest BCUT2D eigenvalue weighted by Gasteiger charge is 2.19. The molecule has 4 nitrogen and oxygen atoms in total. The molecule has 1 aromatic carbocycles. The first kappa shape index (κ1) is 16.9. The predicted molar refractivity (Wildman–Crippen MR) is 92.6 cm³/mol. The van der Waals surface area contributed by atoms with Crippen molar-refractivity contribution in [3.8, 4) is 0 Å². The van der Waals surface area contributed by atoms with Crippen LogP contribution >= 0.6 is 22.9 Å². The fraction of sp³-hybridized carbons (Fsp3) is 0.375. The number of amides is 1. The second kappa shape index (κ2) is 7.22. The zero-order valence-electron chi connectivity index (χ0n) is 13.2. The molecule has 1 N–H and O–H groups in total. The SMILES string of the molecule is Cc1nc(CN(C)C(C)C(=O)Nc2cccc(Cl)c2C)cs1. The largest absolute Gasteiger partial charge is 0.324 e. The van der Waals surface area contributed by atoms with E-state index in [-0.39, 0.29) is 11.9 Å². The number of aromatic nitrogens is 1. The van der Waals surface area contributed by atoms with Crippen molar-refractivity contribution in [2.75, 3.05) is 12.4 Å². The molecule has 118 valence electrons. The van der Waals surface area contributed by atoms with Crippen LogP contribution in [0.25, 0.3) is 0 Å². The fourth-order valence-corrected chi connectivity index (χ4v) is 2.83. The summed E-state index contributed by atoms with van der Waals surface area (Å²) in [6.45, 7) is 6.40. The van der Waals surface area contributed by atoms with Crippen molar-refractivity contribution >= 4 is 34.5 Å². The Hall–Kier alpha value is -1.43. The van der Waals surface area contributed by atoms with Gasteiger partial charge in [-0.1, -0.05) is 17.7 Å². The Bertz CT molecular complexity index is 671. The van der Waals surface area contributed by atoms with Crippen LogP contribution in [0.3, 0.4) is 0 Å². The summed E-state index contributed by atoms with van der Waals surface area (Å²) >= 11 is 7.70. The van der Waals surface area contributed by atoms with E-state index in [2.05, 4.69) is 10.3 Å². The van der Waals surface area contributed by atoms with Gasteiger partial charge in [0.1, 0.15) is 0 Å². The predicted octanol–water partition coefficient (Wildman–Crippen LogP) is 3.87. The molecule has 0 fully saturated rings. The van der Waals surface area contributed by atoms with Crippen LogP contribution in [0.4, 0.5) is 5.69 Å². The van der Waals surface area contributed by atoms with E-state index < -0.39 is 0 Å². The molecule has 0 saturated carbocycles. The molecule has 1 amide bonds. The van der Waals surface area contributed by atoms with Gasteiger partial charge in [0.15, 0.2) is 0 Å². The molecule has 0 aliphatic rings. The number of anilines is 1. The van der Waals surface area contributed by atoms with Gasteiger partial charge in [0.2, 0.25) is 5.91 Å². The fourth-order valence-electron chi connectivity index (χ4n) is 2.05. The molecule has 0 aliphatic heterocycles. The average molecular weight is 338 g/mol. The number of carbonyl (C=O) groups excluding carboxylic acids is 1. The minimum Gasteiger partial charge on any atom is -0.324 e. The third-order valence-corrected chi connectivity index (χ3v) is 4.88. The van der Waals surface area contributed by atoms with Crippen LogP contribution in [0.1, 0.15) is 23.2 Å². The smallest absolute Gasteiger partial charge is 0.241 e. The van der Waals surface area contributed by atoms with E-state index in [1.807, 2.05) is 56.3 Å². The Morgan fingerprint density at radius 3 is 2.82 bits per heavy atom. The summed E-state index contributed by atoms with van der Waals surface area (Å²) in [4.78, 5) is 18.8. The number of carbonyl (C=O) groups is 1. The summed E-state index contributed by atoms with van der Waals surface area (Å²) in [6.07, 6.45) is 0. The number of hydrogen-bond donors (Lipinski definition) is 1. The molecule has 0 saturated heterocycles. The first-order valence-corrected chi connectivity index (χ1v) is 8.31. The van der Waals surface area contributed by atoms with Gasteiger partial charge in [0.05, 0.1) is 16.7 Å². The molecule has 6 heteroatoms. The summed E-state index contributed by atoms with van der Waals surface area (Å²) < 4.78 is 0. The Morgan fingerprint density at radius 2 is 2.18 bits per heavy atom. The van der Waals surface area contributed by atoms with Crippen LogP contribution in [0.5, 0.6) is 0 Å². The zero-order valence-corrected chi connectivity index (χ0v) is 14.8. The van der Waals surface area contributed by atoms with Crippen LogP contribution in [-0.2, 0) is 11.3 Å². The minimum atomic E-state index is -0.264. The lowest BCUT2D eigenvalue weighted by Gasteiger charge is -2.23. The Kier molecular flexibility index (Phi) is 5.56. The van der Waals surface area contributed by atoms with Crippen molar-refractivity contribution in [2.24, 2.45) is 0 Å². The van der Waals surface area contributed by atoms with E-state index in [0.717, 1.165) is 22.0 Å². The van der Waals surface area contributed by atoms with Gasteiger partial charge >= 0.3 is 0 Å².